The number of fused-ring (bicyclic) bond motifs is 1. The third-order valence-electron chi connectivity index (χ3n) is 5.13. The van der Waals surface area contributed by atoms with Gasteiger partial charge in [-0.3, -0.25) is 4.79 Å². The van der Waals surface area contributed by atoms with Gasteiger partial charge in [0.2, 0.25) is 5.91 Å². The third kappa shape index (κ3) is 4.75. The smallest absolute Gasteiger partial charge is 0.244 e. The number of amides is 1. The summed E-state index contributed by atoms with van der Waals surface area (Å²) in [6, 6.07) is 8.34. The second kappa shape index (κ2) is 8.54. The van der Waals surface area contributed by atoms with E-state index in [-0.39, 0.29) is 18.1 Å². The van der Waals surface area contributed by atoms with Gasteiger partial charge in [-0.05, 0) is 44.2 Å². The first-order valence-corrected chi connectivity index (χ1v) is 9.60. The fourth-order valence-electron chi connectivity index (χ4n) is 3.54. The molecule has 142 valence electrons. The van der Waals surface area contributed by atoms with E-state index >= 15 is 0 Å². The van der Waals surface area contributed by atoms with Gasteiger partial charge in [0.25, 0.3) is 0 Å². The van der Waals surface area contributed by atoms with E-state index in [0.29, 0.717) is 19.0 Å². The molecule has 0 radical (unpaired) electrons. The molecule has 1 aromatic rings. The number of carbonyl (C=O) groups is 1. The van der Waals surface area contributed by atoms with Crippen molar-refractivity contribution < 1.29 is 9.53 Å². The Hall–Kier alpha value is -2.08. The summed E-state index contributed by atoms with van der Waals surface area (Å²) in [6.07, 6.45) is 3.06. The van der Waals surface area contributed by atoms with Gasteiger partial charge < -0.3 is 20.3 Å². The topological polar surface area (TPSA) is 66.0 Å². The number of carbonyl (C=O) groups excluding carboxylic acids is 1. The molecule has 2 N–H and O–H groups in total. The fourth-order valence-corrected chi connectivity index (χ4v) is 3.54. The van der Waals surface area contributed by atoms with Crippen LogP contribution in [0.15, 0.2) is 29.3 Å². The van der Waals surface area contributed by atoms with Crippen molar-refractivity contribution in [2.24, 2.45) is 4.99 Å². The number of nitrogens with zero attached hydrogens (tertiary/aromatic N) is 2. The zero-order valence-corrected chi connectivity index (χ0v) is 15.9. The minimum atomic E-state index is -0.142. The van der Waals surface area contributed by atoms with Gasteiger partial charge in [0.05, 0.1) is 5.60 Å². The average Bonchev–Trinajstić information content (AvgIpc) is 3.10. The minimum Gasteiger partial charge on any atom is -0.373 e. The van der Waals surface area contributed by atoms with E-state index in [9.17, 15) is 4.79 Å². The van der Waals surface area contributed by atoms with Crippen LogP contribution in [0.1, 0.15) is 37.8 Å². The molecule has 6 nitrogen and oxygen atoms in total. The predicted octanol–water partition coefficient (Wildman–Crippen LogP) is 1.70. The molecule has 1 unspecified atom stereocenters. The second-order valence-electron chi connectivity index (χ2n) is 7.28. The highest BCUT2D eigenvalue weighted by Crippen LogP contribution is 2.23. The number of aliphatic imine (C=N–C) groups is 1. The van der Waals surface area contributed by atoms with Gasteiger partial charge >= 0.3 is 0 Å². The van der Waals surface area contributed by atoms with Crippen molar-refractivity contribution >= 4 is 11.9 Å². The number of guanidine groups is 1. The first-order valence-electron chi connectivity index (χ1n) is 9.60. The fraction of sp³-hybridized carbons (Fsp3) is 0.600. The number of rotatable bonds is 5. The third-order valence-corrected chi connectivity index (χ3v) is 5.13. The summed E-state index contributed by atoms with van der Waals surface area (Å²) >= 11 is 0. The van der Waals surface area contributed by atoms with Crippen molar-refractivity contribution in [1.82, 2.24) is 15.5 Å². The Labute approximate surface area is 156 Å². The lowest BCUT2D eigenvalue weighted by molar-refractivity contribution is -0.130. The number of hydrogen-bond acceptors (Lipinski definition) is 3. The van der Waals surface area contributed by atoms with Crippen LogP contribution in [0.25, 0.3) is 0 Å². The molecule has 1 amide bonds. The lowest BCUT2D eigenvalue weighted by Gasteiger charge is -2.28. The monoisotopic (exact) mass is 358 g/mol. The SMILES string of the molecule is CCNC(=NCC(=O)N1CCc2ccccc2C1)NCC1(C)CCCO1. The molecule has 2 aliphatic rings. The summed E-state index contributed by atoms with van der Waals surface area (Å²) in [5, 5.41) is 6.53. The van der Waals surface area contributed by atoms with Gasteiger partial charge in [-0.2, -0.15) is 0 Å². The van der Waals surface area contributed by atoms with Crippen molar-refractivity contribution in [2.45, 2.75) is 45.3 Å². The summed E-state index contributed by atoms with van der Waals surface area (Å²) in [6.45, 7) is 8.03. The molecule has 1 saturated heterocycles. The highest BCUT2D eigenvalue weighted by molar-refractivity contribution is 5.85. The van der Waals surface area contributed by atoms with Gasteiger partial charge in [-0.1, -0.05) is 24.3 Å². The molecule has 1 fully saturated rings. The lowest BCUT2D eigenvalue weighted by Crippen LogP contribution is -2.46. The van der Waals surface area contributed by atoms with Crippen LogP contribution in [0.5, 0.6) is 0 Å². The Morgan fingerprint density at radius 2 is 2.12 bits per heavy atom. The predicted molar refractivity (Wildman–Crippen MR) is 103 cm³/mol. The zero-order valence-electron chi connectivity index (χ0n) is 15.9. The first-order chi connectivity index (χ1) is 12.6. The zero-order chi connectivity index (χ0) is 18.4. The Bertz CT molecular complexity index is 653. The van der Waals surface area contributed by atoms with E-state index in [0.717, 1.165) is 39.0 Å². The van der Waals surface area contributed by atoms with Crippen LogP contribution in [-0.2, 0) is 22.5 Å². The van der Waals surface area contributed by atoms with Crippen molar-refractivity contribution in [1.29, 1.82) is 0 Å². The van der Waals surface area contributed by atoms with Gasteiger partial charge in [-0.15, -0.1) is 0 Å². The molecule has 0 bridgehead atoms. The van der Waals surface area contributed by atoms with Crippen LogP contribution < -0.4 is 10.6 Å². The minimum absolute atomic E-state index is 0.0695. The Balaban J connectivity index is 1.54. The summed E-state index contributed by atoms with van der Waals surface area (Å²) in [5.41, 5.74) is 2.45. The number of nitrogens with one attached hydrogen (secondary N) is 2. The molecule has 1 atom stereocenters. The number of hydrogen-bond donors (Lipinski definition) is 2. The number of ether oxygens (including phenoxy) is 1. The second-order valence-corrected chi connectivity index (χ2v) is 7.28. The van der Waals surface area contributed by atoms with Gasteiger partial charge in [-0.25, -0.2) is 4.99 Å². The Morgan fingerprint density at radius 3 is 2.85 bits per heavy atom. The van der Waals surface area contributed by atoms with Crippen LogP contribution >= 0.6 is 0 Å². The Kier molecular flexibility index (Phi) is 6.14. The largest absolute Gasteiger partial charge is 0.373 e. The maximum absolute atomic E-state index is 12.6. The summed E-state index contributed by atoms with van der Waals surface area (Å²) in [5.74, 6) is 0.745. The molecular weight excluding hydrogens is 328 g/mol. The normalized spacial score (nSPS) is 22.8. The van der Waals surface area contributed by atoms with Crippen molar-refractivity contribution in [3.05, 3.63) is 35.4 Å². The molecule has 1 aromatic carbocycles. The summed E-state index contributed by atoms with van der Waals surface area (Å²) < 4.78 is 5.80. The van der Waals surface area contributed by atoms with Gasteiger partial charge in [0.15, 0.2) is 5.96 Å². The lowest BCUT2D eigenvalue weighted by atomic mass is 10.00. The van der Waals surface area contributed by atoms with E-state index in [1.165, 1.54) is 11.1 Å². The van der Waals surface area contributed by atoms with Crippen LogP contribution in [0, 0.1) is 0 Å². The summed E-state index contributed by atoms with van der Waals surface area (Å²) in [7, 11) is 0. The Morgan fingerprint density at radius 1 is 1.31 bits per heavy atom. The summed E-state index contributed by atoms with van der Waals surface area (Å²) in [4.78, 5) is 19.0. The van der Waals surface area contributed by atoms with E-state index in [2.05, 4.69) is 40.7 Å². The molecule has 0 spiro atoms. The van der Waals surface area contributed by atoms with Crippen molar-refractivity contribution in [3.8, 4) is 0 Å². The highest BCUT2D eigenvalue weighted by atomic mass is 16.5. The standard InChI is InChI=1S/C20H30N4O2/c1-3-21-19(23-15-20(2)10-6-12-26-20)22-13-18(25)24-11-9-16-7-4-5-8-17(16)14-24/h4-5,7-8H,3,6,9-15H2,1-2H3,(H2,21,22,23). The maximum atomic E-state index is 12.6. The van der Waals surface area contributed by atoms with Crippen LogP contribution in [0.2, 0.25) is 0 Å². The van der Waals surface area contributed by atoms with Gasteiger partial charge in [0, 0.05) is 32.8 Å². The molecule has 0 aromatic heterocycles. The van der Waals surface area contributed by atoms with E-state index < -0.39 is 0 Å². The van der Waals surface area contributed by atoms with E-state index in [4.69, 9.17) is 4.74 Å². The average molecular weight is 358 g/mol. The molecule has 0 aliphatic carbocycles. The first kappa shape index (κ1) is 18.7. The molecule has 3 rings (SSSR count). The maximum Gasteiger partial charge on any atom is 0.244 e. The molecule has 0 saturated carbocycles. The van der Waals surface area contributed by atoms with Crippen LogP contribution in [-0.4, -0.2) is 55.2 Å². The van der Waals surface area contributed by atoms with Crippen molar-refractivity contribution in [3.63, 3.8) is 0 Å². The van der Waals surface area contributed by atoms with Gasteiger partial charge in [0.1, 0.15) is 6.54 Å². The molecule has 26 heavy (non-hydrogen) atoms. The van der Waals surface area contributed by atoms with E-state index in [1.807, 2.05) is 17.9 Å². The van der Waals surface area contributed by atoms with Crippen molar-refractivity contribution in [2.75, 3.05) is 32.8 Å². The molecular formula is C20H30N4O2. The quantitative estimate of drug-likeness (QED) is 0.621. The van der Waals surface area contributed by atoms with Crippen LogP contribution in [0.4, 0.5) is 0 Å². The molecule has 2 aliphatic heterocycles. The van der Waals surface area contributed by atoms with E-state index in [1.54, 1.807) is 0 Å². The molecule has 2 heterocycles. The number of benzene rings is 1. The molecule has 6 heteroatoms. The highest BCUT2D eigenvalue weighted by Gasteiger charge is 2.29. The van der Waals surface area contributed by atoms with Crippen LogP contribution in [0.3, 0.4) is 0 Å².